The third-order valence-electron chi connectivity index (χ3n) is 4.44. The summed E-state index contributed by atoms with van der Waals surface area (Å²) in [4.78, 5) is 18.3. The van der Waals surface area contributed by atoms with Crippen molar-refractivity contribution in [3.05, 3.63) is 48.5 Å². The van der Waals surface area contributed by atoms with Crippen molar-refractivity contribution in [2.75, 3.05) is 13.6 Å². The zero-order chi connectivity index (χ0) is 16.1. The molecule has 23 heavy (non-hydrogen) atoms. The summed E-state index contributed by atoms with van der Waals surface area (Å²) in [6.07, 6.45) is 6.93. The van der Waals surface area contributed by atoms with Crippen LogP contribution in [0.5, 0.6) is 0 Å². The Labute approximate surface area is 136 Å². The summed E-state index contributed by atoms with van der Waals surface area (Å²) >= 11 is 0. The van der Waals surface area contributed by atoms with E-state index < -0.39 is 0 Å². The van der Waals surface area contributed by atoms with Gasteiger partial charge in [-0.25, -0.2) is 9.78 Å². The Kier molecular flexibility index (Phi) is 4.90. The van der Waals surface area contributed by atoms with Crippen molar-refractivity contribution in [1.29, 1.82) is 0 Å². The van der Waals surface area contributed by atoms with Crippen molar-refractivity contribution < 1.29 is 4.79 Å². The van der Waals surface area contributed by atoms with Crippen molar-refractivity contribution in [3.63, 3.8) is 0 Å². The topological polar surface area (TPSA) is 63.1 Å². The lowest BCUT2D eigenvalue weighted by molar-refractivity contribution is 0.178. The summed E-state index contributed by atoms with van der Waals surface area (Å²) in [5.74, 6) is 0.663. The van der Waals surface area contributed by atoms with E-state index in [1.54, 1.807) is 15.9 Å². The summed E-state index contributed by atoms with van der Waals surface area (Å²) in [7, 11) is 1.87. The molecule has 0 bridgehead atoms. The molecule has 6 heteroatoms. The van der Waals surface area contributed by atoms with E-state index in [9.17, 15) is 4.79 Å². The quantitative estimate of drug-likeness (QED) is 0.891. The Morgan fingerprint density at radius 2 is 2.17 bits per heavy atom. The molecule has 0 radical (unpaired) electrons. The van der Waals surface area contributed by atoms with Gasteiger partial charge in [-0.1, -0.05) is 36.8 Å². The highest BCUT2D eigenvalue weighted by atomic mass is 16.2. The van der Waals surface area contributed by atoms with Gasteiger partial charge >= 0.3 is 6.03 Å². The molecule has 1 atom stereocenters. The fourth-order valence-electron chi connectivity index (χ4n) is 2.84. The van der Waals surface area contributed by atoms with E-state index in [1.165, 1.54) is 25.6 Å². The second-order valence-electron chi connectivity index (χ2n) is 6.21. The van der Waals surface area contributed by atoms with Crippen LogP contribution in [0.4, 0.5) is 4.79 Å². The SMILES string of the molecule is CN(CC1CCC1)C(=O)NC(Cn1cncn1)c1ccccc1. The number of hydrogen-bond donors (Lipinski definition) is 1. The van der Waals surface area contributed by atoms with E-state index in [0.717, 1.165) is 12.1 Å². The number of amides is 2. The number of nitrogens with zero attached hydrogens (tertiary/aromatic N) is 4. The Bertz CT molecular complexity index is 609. The molecule has 1 N–H and O–H groups in total. The van der Waals surface area contributed by atoms with Gasteiger partial charge in [-0.2, -0.15) is 5.10 Å². The Balaban J connectivity index is 1.66. The molecular formula is C17H23N5O. The van der Waals surface area contributed by atoms with Gasteiger partial charge in [0.15, 0.2) is 0 Å². The second kappa shape index (κ2) is 7.26. The maximum atomic E-state index is 12.5. The summed E-state index contributed by atoms with van der Waals surface area (Å²) in [5, 5.41) is 7.27. The number of benzene rings is 1. The van der Waals surface area contributed by atoms with Crippen molar-refractivity contribution in [2.45, 2.75) is 31.8 Å². The van der Waals surface area contributed by atoms with Gasteiger partial charge in [-0.3, -0.25) is 4.68 Å². The van der Waals surface area contributed by atoms with Gasteiger partial charge in [-0.15, -0.1) is 0 Å². The number of rotatable bonds is 6. The molecule has 1 aliphatic carbocycles. The Hall–Kier alpha value is -2.37. The average Bonchev–Trinajstić information content (AvgIpc) is 3.04. The summed E-state index contributed by atoms with van der Waals surface area (Å²) in [5.41, 5.74) is 1.06. The Morgan fingerprint density at radius 3 is 2.78 bits per heavy atom. The van der Waals surface area contributed by atoms with Crippen LogP contribution >= 0.6 is 0 Å². The van der Waals surface area contributed by atoms with Crippen LogP contribution in [0.1, 0.15) is 30.9 Å². The highest BCUT2D eigenvalue weighted by molar-refractivity contribution is 5.74. The highest BCUT2D eigenvalue weighted by Gasteiger charge is 2.23. The van der Waals surface area contributed by atoms with E-state index >= 15 is 0 Å². The smallest absolute Gasteiger partial charge is 0.317 e. The third kappa shape index (κ3) is 4.09. The van der Waals surface area contributed by atoms with E-state index in [-0.39, 0.29) is 12.1 Å². The van der Waals surface area contributed by atoms with E-state index in [0.29, 0.717) is 12.5 Å². The standard InChI is InChI=1S/C17H23N5O/c1-21(10-14-6-5-7-14)17(23)20-16(11-22-13-18-12-19-22)15-8-3-2-4-9-15/h2-4,8-9,12-14,16H,5-7,10-11H2,1H3,(H,20,23). The maximum Gasteiger partial charge on any atom is 0.317 e. The van der Waals surface area contributed by atoms with Crippen LogP contribution in [0, 0.1) is 5.92 Å². The number of carbonyl (C=O) groups excluding carboxylic acids is 1. The van der Waals surface area contributed by atoms with Crippen LogP contribution < -0.4 is 5.32 Å². The molecule has 1 aromatic carbocycles. The molecule has 1 fully saturated rings. The first-order valence-corrected chi connectivity index (χ1v) is 8.11. The van der Waals surface area contributed by atoms with Gasteiger partial charge in [0.2, 0.25) is 0 Å². The van der Waals surface area contributed by atoms with Gasteiger partial charge in [0.1, 0.15) is 12.7 Å². The molecule has 0 spiro atoms. The van der Waals surface area contributed by atoms with Gasteiger partial charge in [0.05, 0.1) is 12.6 Å². The summed E-state index contributed by atoms with van der Waals surface area (Å²) < 4.78 is 1.74. The van der Waals surface area contributed by atoms with Crippen LogP contribution in [0.15, 0.2) is 43.0 Å². The predicted octanol–water partition coefficient (Wildman–Crippen LogP) is 2.46. The lowest BCUT2D eigenvalue weighted by Gasteiger charge is -2.31. The number of hydrogen-bond acceptors (Lipinski definition) is 3. The molecule has 2 amide bonds. The minimum atomic E-state index is -0.130. The van der Waals surface area contributed by atoms with Crippen molar-refractivity contribution in [3.8, 4) is 0 Å². The zero-order valence-electron chi connectivity index (χ0n) is 13.4. The van der Waals surface area contributed by atoms with Crippen LogP contribution in [-0.2, 0) is 6.54 Å². The molecule has 0 saturated heterocycles. The fourth-order valence-corrected chi connectivity index (χ4v) is 2.84. The first-order chi connectivity index (χ1) is 11.2. The molecule has 1 aromatic heterocycles. The summed E-state index contributed by atoms with van der Waals surface area (Å²) in [6.45, 7) is 1.39. The minimum Gasteiger partial charge on any atom is -0.329 e. The van der Waals surface area contributed by atoms with Crippen molar-refractivity contribution in [1.82, 2.24) is 25.0 Å². The number of urea groups is 1. The second-order valence-corrected chi connectivity index (χ2v) is 6.21. The van der Waals surface area contributed by atoms with Gasteiger partial charge in [0.25, 0.3) is 0 Å². The average molecular weight is 313 g/mol. The van der Waals surface area contributed by atoms with Gasteiger partial charge in [0, 0.05) is 13.6 Å². The number of aromatic nitrogens is 3. The number of carbonyl (C=O) groups is 1. The Morgan fingerprint density at radius 1 is 1.39 bits per heavy atom. The zero-order valence-corrected chi connectivity index (χ0v) is 13.4. The first kappa shape index (κ1) is 15.5. The van der Waals surface area contributed by atoms with E-state index in [2.05, 4.69) is 15.4 Å². The van der Waals surface area contributed by atoms with E-state index in [4.69, 9.17) is 0 Å². The minimum absolute atomic E-state index is 0.0362. The van der Waals surface area contributed by atoms with Crippen molar-refractivity contribution >= 4 is 6.03 Å². The highest BCUT2D eigenvalue weighted by Crippen LogP contribution is 2.26. The molecule has 1 heterocycles. The maximum absolute atomic E-state index is 12.5. The monoisotopic (exact) mass is 313 g/mol. The lowest BCUT2D eigenvalue weighted by atomic mass is 9.85. The molecule has 0 aliphatic heterocycles. The predicted molar refractivity (Wildman–Crippen MR) is 87.7 cm³/mol. The summed E-state index contributed by atoms with van der Waals surface area (Å²) in [6, 6.07) is 9.81. The molecule has 122 valence electrons. The number of nitrogens with one attached hydrogen (secondary N) is 1. The van der Waals surface area contributed by atoms with Gasteiger partial charge in [-0.05, 0) is 24.3 Å². The van der Waals surface area contributed by atoms with Crippen LogP contribution in [0.25, 0.3) is 0 Å². The first-order valence-electron chi connectivity index (χ1n) is 8.11. The van der Waals surface area contributed by atoms with Crippen LogP contribution in [0.3, 0.4) is 0 Å². The molecule has 6 nitrogen and oxygen atoms in total. The molecule has 2 aromatic rings. The normalized spacial score (nSPS) is 15.7. The largest absolute Gasteiger partial charge is 0.329 e. The fraction of sp³-hybridized carbons (Fsp3) is 0.471. The molecule has 1 saturated carbocycles. The molecular weight excluding hydrogens is 290 g/mol. The molecule has 1 unspecified atom stereocenters. The lowest BCUT2D eigenvalue weighted by Crippen LogP contribution is -2.43. The molecule has 3 rings (SSSR count). The van der Waals surface area contributed by atoms with Gasteiger partial charge < -0.3 is 10.2 Å². The van der Waals surface area contributed by atoms with Crippen LogP contribution in [-0.4, -0.2) is 39.3 Å². The van der Waals surface area contributed by atoms with Crippen LogP contribution in [0.2, 0.25) is 0 Å². The van der Waals surface area contributed by atoms with Crippen molar-refractivity contribution in [2.24, 2.45) is 5.92 Å². The van der Waals surface area contributed by atoms with E-state index in [1.807, 2.05) is 37.4 Å². The third-order valence-corrected chi connectivity index (χ3v) is 4.44. The molecule has 1 aliphatic rings.